The first-order valence-corrected chi connectivity index (χ1v) is 7.53. The molecule has 2 fully saturated rings. The number of rotatable bonds is 1. The molecule has 5 aliphatic heterocycles. The fourth-order valence-corrected chi connectivity index (χ4v) is 4.34. The zero-order valence-corrected chi connectivity index (χ0v) is 11.0. The van der Waals surface area contributed by atoms with Crippen LogP contribution in [0, 0.1) is 5.92 Å². The van der Waals surface area contributed by atoms with Crippen LogP contribution in [-0.2, 0) is 0 Å². The molecule has 19 heavy (non-hydrogen) atoms. The Morgan fingerprint density at radius 1 is 1.16 bits per heavy atom. The van der Waals surface area contributed by atoms with Gasteiger partial charge < -0.3 is 10.6 Å². The van der Waals surface area contributed by atoms with Crippen LogP contribution in [0.15, 0.2) is 18.2 Å². The minimum atomic E-state index is 0.379. The molecule has 6 rings (SSSR count). The summed E-state index contributed by atoms with van der Waals surface area (Å²) in [4.78, 5) is 2.64. The molecule has 0 aromatic heterocycles. The minimum absolute atomic E-state index is 0.379. The molecule has 0 amide bonds. The van der Waals surface area contributed by atoms with E-state index in [1.165, 1.54) is 49.3 Å². The summed E-state index contributed by atoms with van der Waals surface area (Å²) in [6, 6.07) is 7.43. The molecule has 4 bridgehead atoms. The molecule has 4 unspecified atom stereocenters. The van der Waals surface area contributed by atoms with Crippen molar-refractivity contribution in [2.45, 2.75) is 31.2 Å². The molecular weight excluding hydrogens is 236 g/mol. The molecule has 5 aliphatic rings. The highest BCUT2D eigenvalue weighted by Gasteiger charge is 2.44. The molecule has 0 saturated carbocycles. The Morgan fingerprint density at radius 2 is 2.11 bits per heavy atom. The Labute approximate surface area is 113 Å². The van der Waals surface area contributed by atoms with Gasteiger partial charge in [-0.15, -0.1) is 0 Å². The van der Waals surface area contributed by atoms with Gasteiger partial charge in [0, 0.05) is 35.9 Å². The quantitative estimate of drug-likeness (QED) is 0.710. The van der Waals surface area contributed by atoms with Gasteiger partial charge in [-0.3, -0.25) is 10.2 Å². The fraction of sp³-hybridized carbons (Fsp3) is 0.600. The van der Waals surface area contributed by atoms with Gasteiger partial charge in [0.05, 0.1) is 6.17 Å². The Morgan fingerprint density at radius 3 is 3.05 bits per heavy atom. The van der Waals surface area contributed by atoms with Gasteiger partial charge in [0.25, 0.3) is 0 Å². The van der Waals surface area contributed by atoms with E-state index in [-0.39, 0.29) is 0 Å². The number of hydrogen-bond donors (Lipinski definition) is 3. The molecule has 2 saturated heterocycles. The number of piperidine rings is 1. The van der Waals surface area contributed by atoms with Crippen molar-refractivity contribution < 1.29 is 0 Å². The summed E-state index contributed by atoms with van der Waals surface area (Å²) < 4.78 is 0. The van der Waals surface area contributed by atoms with E-state index in [4.69, 9.17) is 0 Å². The lowest BCUT2D eigenvalue weighted by atomic mass is 9.91. The third-order valence-electron chi connectivity index (χ3n) is 5.34. The lowest BCUT2D eigenvalue weighted by Crippen LogP contribution is -2.50. The van der Waals surface area contributed by atoms with Crippen LogP contribution >= 0.6 is 0 Å². The van der Waals surface area contributed by atoms with Gasteiger partial charge in [-0.25, -0.2) is 0 Å². The number of nitrogens with one attached hydrogen (secondary N) is 3. The molecule has 4 heteroatoms. The molecular formula is C15H20N4. The predicted molar refractivity (Wildman–Crippen MR) is 74.8 cm³/mol. The van der Waals surface area contributed by atoms with Gasteiger partial charge in [-0.05, 0) is 25.3 Å². The lowest BCUT2D eigenvalue weighted by Gasteiger charge is -2.47. The zero-order chi connectivity index (χ0) is 12.4. The van der Waals surface area contributed by atoms with Gasteiger partial charge in [0.15, 0.2) is 0 Å². The van der Waals surface area contributed by atoms with Crippen molar-refractivity contribution in [3.8, 4) is 0 Å². The smallest absolute Gasteiger partial charge is 0.107 e. The van der Waals surface area contributed by atoms with Crippen molar-refractivity contribution in [2.24, 2.45) is 5.92 Å². The van der Waals surface area contributed by atoms with Gasteiger partial charge in [0.1, 0.15) is 6.17 Å². The van der Waals surface area contributed by atoms with E-state index in [0.29, 0.717) is 12.3 Å². The number of anilines is 1. The molecule has 5 heterocycles. The average molecular weight is 256 g/mol. The third-order valence-corrected chi connectivity index (χ3v) is 5.34. The average Bonchev–Trinajstić information content (AvgIpc) is 2.85. The van der Waals surface area contributed by atoms with Crippen molar-refractivity contribution in [1.29, 1.82) is 0 Å². The van der Waals surface area contributed by atoms with Crippen LogP contribution in [0.3, 0.4) is 0 Å². The molecule has 3 N–H and O–H groups in total. The van der Waals surface area contributed by atoms with E-state index in [1.807, 2.05) is 0 Å². The van der Waals surface area contributed by atoms with Gasteiger partial charge in [-0.1, -0.05) is 18.2 Å². The first-order valence-electron chi connectivity index (χ1n) is 7.53. The molecule has 100 valence electrons. The molecule has 1 aromatic carbocycles. The van der Waals surface area contributed by atoms with Crippen molar-refractivity contribution >= 4 is 5.69 Å². The van der Waals surface area contributed by atoms with E-state index in [0.717, 1.165) is 12.0 Å². The maximum atomic E-state index is 3.75. The molecule has 0 aliphatic carbocycles. The standard InChI is InChI=1S/C15H20N4/c1-4-10-13-11(5-1)15(18-14(10)17-13)19-7-9-3-2-6-16-12(9)8-19/h1,4-5,9,12,14-18H,2-3,6-8H2. The van der Waals surface area contributed by atoms with Crippen LogP contribution in [0.1, 0.15) is 36.3 Å². The Balaban J connectivity index is 1.45. The van der Waals surface area contributed by atoms with Crippen LogP contribution in [0.5, 0.6) is 0 Å². The highest BCUT2D eigenvalue weighted by molar-refractivity contribution is 5.70. The van der Waals surface area contributed by atoms with E-state index in [1.54, 1.807) is 0 Å². The molecule has 0 spiro atoms. The summed E-state index contributed by atoms with van der Waals surface area (Å²) >= 11 is 0. The normalized spacial score (nSPS) is 39.4. The number of nitrogens with zero attached hydrogens (tertiary/aromatic N) is 1. The number of fused-ring (bicyclic) bond motifs is 2. The van der Waals surface area contributed by atoms with E-state index >= 15 is 0 Å². The minimum Gasteiger partial charge on any atom is -0.365 e. The van der Waals surface area contributed by atoms with E-state index < -0.39 is 0 Å². The predicted octanol–water partition coefficient (Wildman–Crippen LogP) is 1.40. The Bertz CT molecular complexity index is 515. The van der Waals surface area contributed by atoms with E-state index in [2.05, 4.69) is 39.0 Å². The van der Waals surface area contributed by atoms with Crippen molar-refractivity contribution in [2.75, 3.05) is 25.0 Å². The summed E-state index contributed by atoms with van der Waals surface area (Å²) in [7, 11) is 0. The van der Waals surface area contributed by atoms with Crippen LogP contribution in [0.4, 0.5) is 5.69 Å². The molecule has 4 nitrogen and oxygen atoms in total. The largest absolute Gasteiger partial charge is 0.365 e. The topological polar surface area (TPSA) is 39.3 Å². The van der Waals surface area contributed by atoms with Gasteiger partial charge >= 0.3 is 0 Å². The number of para-hydroxylation sites is 1. The maximum absolute atomic E-state index is 3.75. The molecule has 0 radical (unpaired) electrons. The summed E-state index contributed by atoms with van der Waals surface area (Å²) in [5, 5.41) is 10.9. The summed E-state index contributed by atoms with van der Waals surface area (Å²) in [6.07, 6.45) is 3.54. The lowest BCUT2D eigenvalue weighted by molar-refractivity contribution is 0.171. The van der Waals surface area contributed by atoms with Crippen LogP contribution in [0.2, 0.25) is 0 Å². The second-order valence-electron chi connectivity index (χ2n) is 6.37. The summed E-state index contributed by atoms with van der Waals surface area (Å²) in [6.45, 7) is 3.64. The Kier molecular flexibility index (Phi) is 2.09. The maximum Gasteiger partial charge on any atom is 0.107 e. The van der Waals surface area contributed by atoms with Crippen molar-refractivity contribution in [1.82, 2.24) is 15.5 Å². The third kappa shape index (κ3) is 1.39. The van der Waals surface area contributed by atoms with Crippen LogP contribution in [0.25, 0.3) is 0 Å². The summed E-state index contributed by atoms with van der Waals surface area (Å²) in [5.74, 6) is 0.856. The first-order chi connectivity index (χ1) is 9.40. The second kappa shape index (κ2) is 3.72. The molecule has 4 atom stereocenters. The highest BCUT2D eigenvalue weighted by Crippen LogP contribution is 2.47. The van der Waals surface area contributed by atoms with E-state index in [9.17, 15) is 0 Å². The summed E-state index contributed by atoms with van der Waals surface area (Å²) in [5.41, 5.74) is 4.28. The monoisotopic (exact) mass is 256 g/mol. The van der Waals surface area contributed by atoms with Gasteiger partial charge in [0.2, 0.25) is 0 Å². The molecule has 1 aromatic rings. The number of likely N-dealkylation sites (tertiary alicyclic amines) is 1. The number of hydrogen-bond acceptors (Lipinski definition) is 4. The van der Waals surface area contributed by atoms with Gasteiger partial charge in [-0.2, -0.15) is 0 Å². The van der Waals surface area contributed by atoms with Crippen LogP contribution < -0.4 is 16.0 Å². The highest BCUT2D eigenvalue weighted by atomic mass is 15.4. The first kappa shape index (κ1) is 10.7. The van der Waals surface area contributed by atoms with Crippen LogP contribution in [-0.4, -0.2) is 30.6 Å². The Hall–Kier alpha value is -1.10. The second-order valence-corrected chi connectivity index (χ2v) is 6.37. The van der Waals surface area contributed by atoms with Crippen molar-refractivity contribution in [3.05, 3.63) is 29.3 Å². The fourth-order valence-electron chi connectivity index (χ4n) is 4.34. The van der Waals surface area contributed by atoms with Crippen molar-refractivity contribution in [3.63, 3.8) is 0 Å². The SMILES string of the molecule is c1cc2c3c(c1)C(N1CC4CCCNC4C1)NC2N3. The number of benzene rings is 1. The zero-order valence-electron chi connectivity index (χ0n) is 11.0.